The van der Waals surface area contributed by atoms with Crippen LogP contribution in [0.25, 0.3) is 10.9 Å². The van der Waals surface area contributed by atoms with Crippen LogP contribution < -0.4 is 5.56 Å². The second-order valence-electron chi connectivity index (χ2n) is 6.61. The monoisotopic (exact) mass is 312 g/mol. The van der Waals surface area contributed by atoms with Crippen molar-refractivity contribution in [3.63, 3.8) is 0 Å². The predicted molar refractivity (Wildman–Crippen MR) is 92.8 cm³/mol. The highest BCUT2D eigenvalue weighted by Crippen LogP contribution is 2.19. The number of amides is 1. The van der Waals surface area contributed by atoms with Gasteiger partial charge in [-0.15, -0.1) is 0 Å². The molecule has 0 aliphatic carbocycles. The molecule has 1 aromatic carbocycles. The first-order valence-corrected chi connectivity index (χ1v) is 8.45. The van der Waals surface area contributed by atoms with Crippen LogP contribution in [0.15, 0.2) is 23.0 Å². The van der Waals surface area contributed by atoms with Gasteiger partial charge in [-0.2, -0.15) is 0 Å². The average Bonchev–Trinajstić information content (AvgIpc) is 2.54. The smallest absolute Gasteiger partial charge is 0.251 e. The summed E-state index contributed by atoms with van der Waals surface area (Å²) in [5.74, 6) is 0.171. The number of pyridine rings is 1. The minimum Gasteiger partial charge on any atom is -0.343 e. The Kier molecular flexibility index (Phi) is 4.51. The molecule has 1 N–H and O–H groups in total. The van der Waals surface area contributed by atoms with E-state index in [1.807, 2.05) is 17.9 Å². The second kappa shape index (κ2) is 6.57. The zero-order valence-corrected chi connectivity index (χ0v) is 13.9. The maximum atomic E-state index is 12.3. The van der Waals surface area contributed by atoms with E-state index in [-0.39, 0.29) is 11.5 Å². The number of fused-ring (bicyclic) bond motifs is 1. The summed E-state index contributed by atoms with van der Waals surface area (Å²) in [6.45, 7) is 5.79. The van der Waals surface area contributed by atoms with E-state index in [1.54, 1.807) is 0 Å². The molecule has 0 saturated carbocycles. The molecule has 1 amide bonds. The van der Waals surface area contributed by atoms with Crippen LogP contribution in [-0.4, -0.2) is 28.9 Å². The zero-order valence-electron chi connectivity index (χ0n) is 13.9. The van der Waals surface area contributed by atoms with Gasteiger partial charge in [0.05, 0.1) is 5.52 Å². The number of hydrogen-bond acceptors (Lipinski definition) is 2. The highest BCUT2D eigenvalue weighted by atomic mass is 16.2. The van der Waals surface area contributed by atoms with Crippen LogP contribution >= 0.6 is 0 Å². The third-order valence-electron chi connectivity index (χ3n) is 4.69. The van der Waals surface area contributed by atoms with Crippen LogP contribution in [0.3, 0.4) is 0 Å². The number of carbonyl (C=O) groups is 1. The van der Waals surface area contributed by atoms with Gasteiger partial charge in [-0.25, -0.2) is 0 Å². The molecule has 2 aromatic rings. The van der Waals surface area contributed by atoms with Gasteiger partial charge in [0.2, 0.25) is 5.91 Å². The number of likely N-dealkylation sites (tertiary alicyclic amines) is 1. The van der Waals surface area contributed by atoms with Crippen molar-refractivity contribution in [1.82, 2.24) is 9.88 Å². The maximum absolute atomic E-state index is 12.3. The molecule has 4 nitrogen and oxygen atoms in total. The number of rotatable bonds is 3. The lowest BCUT2D eigenvalue weighted by Crippen LogP contribution is -2.35. The van der Waals surface area contributed by atoms with Gasteiger partial charge in [-0.05, 0) is 62.6 Å². The summed E-state index contributed by atoms with van der Waals surface area (Å²) in [4.78, 5) is 29.5. The molecule has 122 valence electrons. The van der Waals surface area contributed by atoms with Gasteiger partial charge in [0.1, 0.15) is 0 Å². The fraction of sp³-hybridized carbons (Fsp3) is 0.474. The van der Waals surface area contributed by atoms with E-state index in [1.165, 1.54) is 12.0 Å². The molecule has 3 rings (SSSR count). The van der Waals surface area contributed by atoms with Crippen LogP contribution in [0.5, 0.6) is 0 Å². The Labute approximate surface area is 136 Å². The highest BCUT2D eigenvalue weighted by molar-refractivity contribution is 5.83. The van der Waals surface area contributed by atoms with Crippen LogP contribution in [0.1, 0.15) is 42.4 Å². The summed E-state index contributed by atoms with van der Waals surface area (Å²) >= 11 is 0. The van der Waals surface area contributed by atoms with Crippen molar-refractivity contribution in [2.75, 3.05) is 13.1 Å². The largest absolute Gasteiger partial charge is 0.343 e. The standard InChI is InChI=1S/C19H24N2O2/c1-13-10-14(2)18-16(11-13)12-15(19(23)20-18)6-7-17(22)21-8-4-3-5-9-21/h10-12H,3-9H2,1-2H3,(H,20,23). The Morgan fingerprint density at radius 1 is 1.13 bits per heavy atom. The Morgan fingerprint density at radius 2 is 1.87 bits per heavy atom. The molecule has 1 fully saturated rings. The molecule has 2 heterocycles. The number of hydrogen-bond donors (Lipinski definition) is 1. The molecular weight excluding hydrogens is 288 g/mol. The lowest BCUT2D eigenvalue weighted by atomic mass is 10.0. The number of piperidine rings is 1. The van der Waals surface area contributed by atoms with E-state index in [9.17, 15) is 9.59 Å². The highest BCUT2D eigenvalue weighted by Gasteiger charge is 2.16. The molecule has 1 aromatic heterocycles. The molecular formula is C19H24N2O2. The summed E-state index contributed by atoms with van der Waals surface area (Å²) in [6.07, 6.45) is 4.33. The first-order valence-electron chi connectivity index (χ1n) is 8.45. The average molecular weight is 312 g/mol. The summed E-state index contributed by atoms with van der Waals surface area (Å²) in [7, 11) is 0. The number of aromatic amines is 1. The summed E-state index contributed by atoms with van der Waals surface area (Å²) < 4.78 is 0. The fourth-order valence-corrected chi connectivity index (χ4v) is 3.46. The molecule has 1 aliphatic heterocycles. The lowest BCUT2D eigenvalue weighted by Gasteiger charge is -2.26. The lowest BCUT2D eigenvalue weighted by molar-refractivity contribution is -0.132. The van der Waals surface area contributed by atoms with Crippen molar-refractivity contribution < 1.29 is 4.79 Å². The van der Waals surface area contributed by atoms with E-state index >= 15 is 0 Å². The Morgan fingerprint density at radius 3 is 2.61 bits per heavy atom. The van der Waals surface area contributed by atoms with Gasteiger partial charge in [0.25, 0.3) is 5.56 Å². The number of benzene rings is 1. The van der Waals surface area contributed by atoms with Crippen LogP contribution in [0, 0.1) is 13.8 Å². The van der Waals surface area contributed by atoms with Crippen molar-refractivity contribution in [2.24, 2.45) is 0 Å². The molecule has 4 heteroatoms. The molecule has 0 unspecified atom stereocenters. The first kappa shape index (κ1) is 15.8. The van der Waals surface area contributed by atoms with E-state index in [0.717, 1.165) is 42.4 Å². The van der Waals surface area contributed by atoms with Crippen LogP contribution in [0.4, 0.5) is 0 Å². The van der Waals surface area contributed by atoms with Gasteiger partial charge < -0.3 is 9.88 Å². The minimum atomic E-state index is -0.0732. The SMILES string of the molecule is Cc1cc(C)c2[nH]c(=O)c(CCC(=O)N3CCCCC3)cc2c1. The molecule has 23 heavy (non-hydrogen) atoms. The zero-order chi connectivity index (χ0) is 16.4. The number of carbonyl (C=O) groups excluding carboxylic acids is 1. The van der Waals surface area contributed by atoms with Crippen molar-refractivity contribution in [2.45, 2.75) is 46.0 Å². The van der Waals surface area contributed by atoms with Crippen LogP contribution in [-0.2, 0) is 11.2 Å². The van der Waals surface area contributed by atoms with Gasteiger partial charge in [0.15, 0.2) is 0 Å². The number of nitrogens with zero attached hydrogens (tertiary/aromatic N) is 1. The van der Waals surface area contributed by atoms with Gasteiger partial charge in [0, 0.05) is 25.1 Å². The van der Waals surface area contributed by atoms with Crippen molar-refractivity contribution >= 4 is 16.8 Å². The third-order valence-corrected chi connectivity index (χ3v) is 4.69. The summed E-state index contributed by atoms with van der Waals surface area (Å²) in [5.41, 5.74) is 3.78. The summed E-state index contributed by atoms with van der Waals surface area (Å²) in [5, 5.41) is 1.04. The van der Waals surface area contributed by atoms with Crippen molar-refractivity contribution in [3.05, 3.63) is 45.2 Å². The number of H-pyrrole nitrogens is 1. The fourth-order valence-electron chi connectivity index (χ4n) is 3.46. The Bertz CT molecular complexity index is 786. The number of aromatic nitrogens is 1. The quantitative estimate of drug-likeness (QED) is 0.947. The maximum Gasteiger partial charge on any atom is 0.251 e. The van der Waals surface area contributed by atoms with Crippen molar-refractivity contribution in [1.29, 1.82) is 0 Å². The molecule has 0 bridgehead atoms. The molecule has 1 aliphatic rings. The summed E-state index contributed by atoms with van der Waals surface area (Å²) in [6, 6.07) is 6.09. The van der Waals surface area contributed by atoms with Gasteiger partial charge in [-0.3, -0.25) is 9.59 Å². The molecule has 0 radical (unpaired) electrons. The molecule has 0 spiro atoms. The molecule has 1 saturated heterocycles. The topological polar surface area (TPSA) is 53.2 Å². The van der Waals surface area contributed by atoms with E-state index < -0.39 is 0 Å². The third kappa shape index (κ3) is 3.46. The van der Waals surface area contributed by atoms with Gasteiger partial charge >= 0.3 is 0 Å². The van der Waals surface area contributed by atoms with Crippen molar-refractivity contribution in [3.8, 4) is 0 Å². The second-order valence-corrected chi connectivity index (χ2v) is 6.61. The van der Waals surface area contributed by atoms with E-state index in [2.05, 4.69) is 24.0 Å². The Balaban J connectivity index is 1.78. The van der Waals surface area contributed by atoms with Crippen LogP contribution in [0.2, 0.25) is 0 Å². The normalized spacial score (nSPS) is 15.1. The van der Waals surface area contributed by atoms with E-state index in [4.69, 9.17) is 0 Å². The van der Waals surface area contributed by atoms with E-state index in [0.29, 0.717) is 18.4 Å². The first-order chi connectivity index (χ1) is 11.0. The van der Waals surface area contributed by atoms with Gasteiger partial charge in [-0.1, -0.05) is 11.6 Å². The number of nitrogens with one attached hydrogen (secondary N) is 1. The number of aryl methyl sites for hydroxylation is 3. The predicted octanol–water partition coefficient (Wildman–Crippen LogP) is 3.09. The molecule has 0 atom stereocenters. The minimum absolute atomic E-state index is 0.0732. The Hall–Kier alpha value is -2.10.